The molecule has 0 aliphatic heterocycles. The van der Waals surface area contributed by atoms with E-state index < -0.39 is 10.0 Å². The Balaban J connectivity index is 1.45. The van der Waals surface area contributed by atoms with Crippen LogP contribution in [0.2, 0.25) is 5.02 Å². The summed E-state index contributed by atoms with van der Waals surface area (Å²) in [5.41, 5.74) is 9.75. The molecule has 1 saturated carbocycles. The summed E-state index contributed by atoms with van der Waals surface area (Å²) in [6.07, 6.45) is 7.72. The monoisotopic (exact) mass is 553 g/mol. The zero-order valence-electron chi connectivity index (χ0n) is 21.5. The molecule has 9 nitrogen and oxygen atoms in total. The second kappa shape index (κ2) is 10.9. The van der Waals surface area contributed by atoms with E-state index in [0.29, 0.717) is 18.0 Å². The summed E-state index contributed by atoms with van der Waals surface area (Å²) in [5, 5.41) is 8.96. The van der Waals surface area contributed by atoms with Crippen molar-refractivity contribution in [3.8, 4) is 11.3 Å². The Hall–Kier alpha value is -3.21. The van der Waals surface area contributed by atoms with Crippen LogP contribution in [0.1, 0.15) is 44.6 Å². The highest BCUT2D eigenvalue weighted by Crippen LogP contribution is 2.31. The fraction of sp³-hybridized carbons (Fsp3) is 0.370. The molecule has 1 aliphatic carbocycles. The van der Waals surface area contributed by atoms with Gasteiger partial charge in [0.1, 0.15) is 4.90 Å². The van der Waals surface area contributed by atoms with Gasteiger partial charge in [0, 0.05) is 42.3 Å². The van der Waals surface area contributed by atoms with Gasteiger partial charge in [0.25, 0.3) is 10.0 Å². The second-order valence-electron chi connectivity index (χ2n) is 9.85. The molecule has 0 atom stereocenters. The molecule has 200 valence electrons. The molecule has 0 saturated heterocycles. The summed E-state index contributed by atoms with van der Waals surface area (Å²) in [5.74, 6) is 0.849. The van der Waals surface area contributed by atoms with Crippen LogP contribution in [0.5, 0.6) is 0 Å². The van der Waals surface area contributed by atoms with Crippen molar-refractivity contribution in [3.05, 3.63) is 59.2 Å². The number of rotatable bonds is 8. The minimum Gasteiger partial charge on any atom is -0.351 e. The Kier molecular flexibility index (Phi) is 7.56. The van der Waals surface area contributed by atoms with Gasteiger partial charge in [0.2, 0.25) is 5.95 Å². The zero-order chi connectivity index (χ0) is 26.9. The normalized spacial score (nSPS) is 18.0. The maximum absolute atomic E-state index is 12.9. The summed E-state index contributed by atoms with van der Waals surface area (Å²) in [6, 6.07) is 12.8. The van der Waals surface area contributed by atoms with Gasteiger partial charge in [0.05, 0.1) is 16.2 Å². The van der Waals surface area contributed by atoms with E-state index in [1.54, 1.807) is 29.9 Å². The van der Waals surface area contributed by atoms with Crippen LogP contribution in [-0.2, 0) is 23.5 Å². The van der Waals surface area contributed by atoms with Crippen LogP contribution in [-0.4, -0.2) is 40.2 Å². The van der Waals surface area contributed by atoms with Crippen molar-refractivity contribution in [2.75, 3.05) is 10.0 Å². The number of nitrogens with two attached hydrogens (primary N) is 1. The number of halogens is 1. The summed E-state index contributed by atoms with van der Waals surface area (Å²) in [6.45, 7) is 2.13. The molecule has 4 aromatic rings. The van der Waals surface area contributed by atoms with Crippen LogP contribution >= 0.6 is 11.6 Å². The number of nitrogens with zero attached hydrogens (tertiary/aromatic N) is 4. The van der Waals surface area contributed by atoms with Crippen LogP contribution in [0.3, 0.4) is 0 Å². The summed E-state index contributed by atoms with van der Waals surface area (Å²) >= 11 is 6.12. The maximum atomic E-state index is 12.9. The number of aryl methyl sites for hydroxylation is 2. The standard InChI is InChI=1S/C27H32ClN7O2S/c1-3-6-17-13-18(14-19-16-30-27(32-26(17)19)31-21-11-9-20(29)10-12-21)23-15-25(33-35(23)2)34-38(36,37)24-8-5-4-7-22(24)28/h4-5,7-8,13-16,20-21H,3,6,9-12,29H2,1-2H3,(H,33,34)(H,30,31,32). The second-order valence-corrected chi connectivity index (χ2v) is 11.9. The predicted octanol–water partition coefficient (Wildman–Crippen LogP) is 5.12. The van der Waals surface area contributed by atoms with Gasteiger partial charge < -0.3 is 11.1 Å². The highest BCUT2D eigenvalue weighted by Gasteiger charge is 2.21. The van der Waals surface area contributed by atoms with Crippen LogP contribution in [0, 0.1) is 0 Å². The van der Waals surface area contributed by atoms with Crippen molar-refractivity contribution >= 4 is 44.3 Å². The van der Waals surface area contributed by atoms with E-state index in [4.69, 9.17) is 22.3 Å². The highest BCUT2D eigenvalue weighted by molar-refractivity contribution is 7.92. The quantitative estimate of drug-likeness (QED) is 0.276. The first-order chi connectivity index (χ1) is 18.2. The van der Waals surface area contributed by atoms with E-state index in [1.807, 2.05) is 12.3 Å². The van der Waals surface area contributed by atoms with E-state index in [2.05, 4.69) is 33.1 Å². The molecule has 38 heavy (non-hydrogen) atoms. The fourth-order valence-corrected chi connectivity index (χ4v) is 6.49. The molecule has 2 aromatic heterocycles. The number of hydrogen-bond donors (Lipinski definition) is 3. The zero-order valence-corrected chi connectivity index (χ0v) is 23.1. The topological polar surface area (TPSA) is 128 Å². The van der Waals surface area contributed by atoms with Gasteiger partial charge in [-0.15, -0.1) is 0 Å². The number of nitrogens with one attached hydrogen (secondary N) is 2. The first-order valence-electron chi connectivity index (χ1n) is 12.9. The van der Waals surface area contributed by atoms with Crippen molar-refractivity contribution < 1.29 is 8.42 Å². The van der Waals surface area contributed by atoms with Gasteiger partial charge in [-0.3, -0.25) is 9.40 Å². The third-order valence-corrected chi connectivity index (χ3v) is 8.78. The van der Waals surface area contributed by atoms with Gasteiger partial charge in [0.15, 0.2) is 5.82 Å². The number of fused-ring (bicyclic) bond motifs is 1. The van der Waals surface area contributed by atoms with Gasteiger partial charge in [-0.05, 0) is 61.9 Å². The van der Waals surface area contributed by atoms with Gasteiger partial charge in [-0.2, -0.15) is 5.10 Å². The van der Waals surface area contributed by atoms with Crippen LogP contribution in [0.25, 0.3) is 22.2 Å². The molecule has 11 heteroatoms. The molecule has 2 heterocycles. The average molecular weight is 554 g/mol. The molecule has 0 spiro atoms. The molecule has 1 aliphatic rings. The van der Waals surface area contributed by atoms with E-state index in [9.17, 15) is 8.42 Å². The highest BCUT2D eigenvalue weighted by atomic mass is 35.5. The summed E-state index contributed by atoms with van der Waals surface area (Å²) < 4.78 is 30.0. The molecule has 0 unspecified atom stereocenters. The fourth-order valence-electron chi connectivity index (χ4n) is 4.99. The van der Waals surface area contributed by atoms with Crippen molar-refractivity contribution in [2.45, 2.75) is 62.4 Å². The minimum atomic E-state index is -3.89. The van der Waals surface area contributed by atoms with Crippen LogP contribution in [0.15, 0.2) is 53.6 Å². The van der Waals surface area contributed by atoms with Gasteiger partial charge >= 0.3 is 0 Å². The third-order valence-electron chi connectivity index (χ3n) is 6.93. The SMILES string of the molecule is CCCc1cc(-c2cc(NS(=O)(=O)c3ccccc3Cl)nn2C)cc2cnc(NC3CCC(N)CC3)nc12. The van der Waals surface area contributed by atoms with Crippen molar-refractivity contribution in [2.24, 2.45) is 12.8 Å². The summed E-state index contributed by atoms with van der Waals surface area (Å²) in [7, 11) is -2.11. The number of hydrogen-bond acceptors (Lipinski definition) is 7. The van der Waals surface area contributed by atoms with Crippen LogP contribution < -0.4 is 15.8 Å². The molecule has 1 fully saturated rings. The summed E-state index contributed by atoms with van der Waals surface area (Å²) in [4.78, 5) is 9.48. The Morgan fingerprint density at radius 1 is 1.13 bits per heavy atom. The lowest BCUT2D eigenvalue weighted by Gasteiger charge is -2.26. The first kappa shape index (κ1) is 26.4. The Morgan fingerprint density at radius 3 is 2.63 bits per heavy atom. The molecule has 0 bridgehead atoms. The molecule has 0 radical (unpaired) electrons. The van der Waals surface area contributed by atoms with Gasteiger partial charge in [-0.25, -0.2) is 18.4 Å². The Morgan fingerprint density at radius 2 is 1.89 bits per heavy atom. The number of sulfonamides is 1. The molecular weight excluding hydrogens is 522 g/mol. The average Bonchev–Trinajstić information content (AvgIpc) is 3.25. The molecule has 5 rings (SSSR count). The Labute approximate surface area is 227 Å². The van der Waals surface area contributed by atoms with E-state index in [1.165, 1.54) is 12.1 Å². The molecule has 2 aromatic carbocycles. The molecule has 4 N–H and O–H groups in total. The lowest BCUT2D eigenvalue weighted by molar-refractivity contribution is 0.410. The lowest BCUT2D eigenvalue weighted by Crippen LogP contribution is -2.33. The molecule has 0 amide bonds. The minimum absolute atomic E-state index is 0.00226. The van der Waals surface area contributed by atoms with Crippen molar-refractivity contribution in [1.82, 2.24) is 19.7 Å². The smallest absolute Gasteiger partial charge is 0.264 e. The van der Waals surface area contributed by atoms with Crippen molar-refractivity contribution in [3.63, 3.8) is 0 Å². The molecular formula is C27H32ClN7O2S. The number of aromatic nitrogens is 4. The van der Waals surface area contributed by atoms with E-state index in [0.717, 1.165) is 66.2 Å². The largest absolute Gasteiger partial charge is 0.351 e. The van der Waals surface area contributed by atoms with E-state index in [-0.39, 0.29) is 15.7 Å². The Bertz CT molecular complexity index is 1560. The van der Waals surface area contributed by atoms with E-state index >= 15 is 0 Å². The predicted molar refractivity (Wildman–Crippen MR) is 152 cm³/mol. The number of benzene rings is 2. The lowest BCUT2D eigenvalue weighted by atomic mass is 9.92. The first-order valence-corrected chi connectivity index (χ1v) is 14.7. The van der Waals surface area contributed by atoms with Crippen molar-refractivity contribution in [1.29, 1.82) is 0 Å². The van der Waals surface area contributed by atoms with Gasteiger partial charge in [-0.1, -0.05) is 37.1 Å². The van der Waals surface area contributed by atoms with Crippen LogP contribution in [0.4, 0.5) is 11.8 Å². The number of anilines is 2. The maximum Gasteiger partial charge on any atom is 0.264 e. The third kappa shape index (κ3) is 5.62.